The molecule has 1 aromatic heterocycles. The lowest BCUT2D eigenvalue weighted by atomic mass is 10.0. The number of aryl methyl sites for hydroxylation is 1. The number of rotatable bonds is 7. The highest BCUT2D eigenvalue weighted by molar-refractivity contribution is 7.84. The quantitative estimate of drug-likeness (QED) is 0.729. The smallest absolute Gasteiger partial charge is 0.188 e. The van der Waals surface area contributed by atoms with E-state index in [1.165, 1.54) is 0 Å². The first-order chi connectivity index (χ1) is 11.7. The van der Waals surface area contributed by atoms with Crippen LogP contribution in [0, 0.1) is 6.92 Å². The normalized spacial score (nSPS) is 14.3. The van der Waals surface area contributed by atoms with E-state index in [1.807, 2.05) is 58.3 Å². The van der Waals surface area contributed by atoms with E-state index in [-0.39, 0.29) is 17.6 Å². The number of thiazole rings is 1. The zero-order valence-electron chi connectivity index (χ0n) is 15.6. The zero-order valence-corrected chi connectivity index (χ0v) is 17.2. The van der Waals surface area contributed by atoms with Crippen molar-refractivity contribution in [1.29, 1.82) is 0 Å². The van der Waals surface area contributed by atoms with Crippen molar-refractivity contribution in [2.45, 2.75) is 45.4 Å². The summed E-state index contributed by atoms with van der Waals surface area (Å²) in [5.41, 5.74) is 4.83. The molecule has 2 atom stereocenters. The molecule has 0 spiro atoms. The summed E-state index contributed by atoms with van der Waals surface area (Å²) in [6.45, 7) is 9.97. The van der Waals surface area contributed by atoms with Crippen molar-refractivity contribution in [3.05, 3.63) is 35.0 Å². The fourth-order valence-corrected chi connectivity index (χ4v) is 3.86. The van der Waals surface area contributed by atoms with Crippen LogP contribution < -0.4 is 9.46 Å². The summed E-state index contributed by atoms with van der Waals surface area (Å²) in [5.74, 6) is 0.720. The van der Waals surface area contributed by atoms with E-state index in [0.717, 1.165) is 27.4 Å². The van der Waals surface area contributed by atoms with E-state index >= 15 is 0 Å². The van der Waals surface area contributed by atoms with Crippen molar-refractivity contribution >= 4 is 22.3 Å². The number of aromatic nitrogens is 1. The molecule has 0 saturated carbocycles. The molecule has 0 aliphatic rings. The summed E-state index contributed by atoms with van der Waals surface area (Å²) in [6.07, 6.45) is 0. The van der Waals surface area contributed by atoms with Gasteiger partial charge in [0.25, 0.3) is 0 Å². The van der Waals surface area contributed by atoms with Crippen LogP contribution in [-0.2, 0) is 15.7 Å². The molecule has 5 nitrogen and oxygen atoms in total. The van der Waals surface area contributed by atoms with Gasteiger partial charge in [0.05, 0.1) is 31.8 Å². The summed E-state index contributed by atoms with van der Waals surface area (Å²) < 4.78 is 26.1. The van der Waals surface area contributed by atoms with Crippen LogP contribution in [0.2, 0.25) is 0 Å². The van der Waals surface area contributed by atoms with Crippen molar-refractivity contribution < 1.29 is 13.7 Å². The SMILES string of the molecule is COCOc1cc(-c2scnc2C)ccc1[C@H](C)N[S@](=O)C(C)(C)C. The van der Waals surface area contributed by atoms with Crippen molar-refractivity contribution in [2.24, 2.45) is 0 Å². The first-order valence-corrected chi connectivity index (χ1v) is 10.1. The Morgan fingerprint density at radius 3 is 2.64 bits per heavy atom. The Morgan fingerprint density at radius 1 is 1.36 bits per heavy atom. The van der Waals surface area contributed by atoms with E-state index < -0.39 is 11.0 Å². The predicted molar refractivity (Wildman–Crippen MR) is 104 cm³/mol. The Labute approximate surface area is 156 Å². The molecule has 0 fully saturated rings. The van der Waals surface area contributed by atoms with Crippen molar-refractivity contribution in [1.82, 2.24) is 9.71 Å². The molecule has 0 unspecified atom stereocenters. The van der Waals surface area contributed by atoms with Gasteiger partial charge in [-0.05, 0) is 46.2 Å². The third-order valence-electron chi connectivity index (χ3n) is 3.66. The minimum atomic E-state index is -1.17. The van der Waals surface area contributed by atoms with Crippen molar-refractivity contribution in [2.75, 3.05) is 13.9 Å². The molecular weight excluding hydrogens is 356 g/mol. The van der Waals surface area contributed by atoms with Crippen LogP contribution in [0.5, 0.6) is 5.75 Å². The molecule has 1 aromatic carbocycles. The van der Waals surface area contributed by atoms with Gasteiger partial charge in [0.1, 0.15) is 5.75 Å². The zero-order chi connectivity index (χ0) is 18.6. The second-order valence-electron chi connectivity index (χ2n) is 6.79. The molecule has 25 heavy (non-hydrogen) atoms. The lowest BCUT2D eigenvalue weighted by Gasteiger charge is -2.23. The van der Waals surface area contributed by atoms with Gasteiger partial charge in [0.15, 0.2) is 6.79 Å². The number of hydrogen-bond donors (Lipinski definition) is 1. The van der Waals surface area contributed by atoms with Gasteiger partial charge >= 0.3 is 0 Å². The molecule has 7 heteroatoms. The Kier molecular flexibility index (Phi) is 6.73. The first kappa shape index (κ1) is 20.0. The number of ether oxygens (including phenoxy) is 2. The first-order valence-electron chi connectivity index (χ1n) is 8.08. The number of nitrogens with zero attached hydrogens (tertiary/aromatic N) is 1. The number of benzene rings is 1. The summed E-state index contributed by atoms with van der Waals surface area (Å²) in [4.78, 5) is 5.43. The van der Waals surface area contributed by atoms with Gasteiger partial charge in [-0.15, -0.1) is 11.3 Å². The van der Waals surface area contributed by atoms with E-state index in [1.54, 1.807) is 18.4 Å². The largest absolute Gasteiger partial charge is 0.467 e. The highest BCUT2D eigenvalue weighted by atomic mass is 32.2. The summed E-state index contributed by atoms with van der Waals surface area (Å²) in [5, 5.41) is 0. The average molecular weight is 383 g/mol. The third-order valence-corrected chi connectivity index (χ3v) is 6.32. The molecule has 0 radical (unpaired) electrons. The maximum absolute atomic E-state index is 12.4. The van der Waals surface area contributed by atoms with Gasteiger partial charge in [-0.3, -0.25) is 0 Å². The van der Waals surface area contributed by atoms with Gasteiger partial charge < -0.3 is 9.47 Å². The monoisotopic (exact) mass is 382 g/mol. The van der Waals surface area contributed by atoms with E-state index in [2.05, 4.69) is 9.71 Å². The average Bonchev–Trinajstić information content (AvgIpc) is 2.97. The predicted octanol–water partition coefficient (Wildman–Crippen LogP) is 4.21. The fraction of sp³-hybridized carbons (Fsp3) is 0.500. The molecule has 2 aromatic rings. The lowest BCUT2D eigenvalue weighted by molar-refractivity contribution is 0.0502. The van der Waals surface area contributed by atoms with E-state index in [4.69, 9.17) is 9.47 Å². The van der Waals surface area contributed by atoms with Gasteiger partial charge in [-0.1, -0.05) is 12.1 Å². The van der Waals surface area contributed by atoms with Gasteiger partial charge in [-0.25, -0.2) is 13.9 Å². The van der Waals surface area contributed by atoms with Crippen LogP contribution in [0.1, 0.15) is 45.0 Å². The van der Waals surface area contributed by atoms with Crippen LogP contribution in [0.15, 0.2) is 23.7 Å². The fourth-order valence-electron chi connectivity index (χ4n) is 2.26. The van der Waals surface area contributed by atoms with Crippen molar-refractivity contribution in [3.8, 4) is 16.2 Å². The minimum absolute atomic E-state index is 0.122. The second kappa shape index (κ2) is 8.40. The lowest BCUT2D eigenvalue weighted by Crippen LogP contribution is -2.35. The molecule has 0 aliphatic carbocycles. The molecule has 0 saturated heterocycles. The summed E-state index contributed by atoms with van der Waals surface area (Å²) >= 11 is 1.60. The maximum Gasteiger partial charge on any atom is 0.188 e. The van der Waals surface area contributed by atoms with Crippen molar-refractivity contribution in [3.63, 3.8) is 0 Å². The highest BCUT2D eigenvalue weighted by Crippen LogP contribution is 2.34. The van der Waals surface area contributed by atoms with Gasteiger partial charge in [0, 0.05) is 18.7 Å². The maximum atomic E-state index is 12.4. The molecule has 2 rings (SSSR count). The number of methoxy groups -OCH3 is 1. The summed E-state index contributed by atoms with van der Waals surface area (Å²) in [6, 6.07) is 5.93. The Bertz CT molecular complexity index is 738. The van der Waals surface area contributed by atoms with E-state index in [9.17, 15) is 4.21 Å². The minimum Gasteiger partial charge on any atom is -0.467 e. The van der Waals surface area contributed by atoms with Gasteiger partial charge in [-0.2, -0.15) is 0 Å². The summed E-state index contributed by atoms with van der Waals surface area (Å²) in [7, 11) is 0.425. The molecule has 0 bridgehead atoms. The molecule has 0 aliphatic heterocycles. The molecule has 1 N–H and O–H groups in total. The second-order valence-corrected chi connectivity index (χ2v) is 9.64. The highest BCUT2D eigenvalue weighted by Gasteiger charge is 2.23. The number of nitrogens with one attached hydrogen (secondary N) is 1. The third kappa shape index (κ3) is 5.10. The van der Waals surface area contributed by atoms with Crippen LogP contribution in [0.4, 0.5) is 0 Å². The Balaban J connectivity index is 2.33. The van der Waals surface area contributed by atoms with Crippen LogP contribution in [0.25, 0.3) is 10.4 Å². The Hall–Kier alpha value is -1.28. The van der Waals surface area contributed by atoms with E-state index in [0.29, 0.717) is 0 Å². The molecule has 138 valence electrons. The number of hydrogen-bond acceptors (Lipinski definition) is 5. The van der Waals surface area contributed by atoms with Crippen LogP contribution in [-0.4, -0.2) is 27.8 Å². The topological polar surface area (TPSA) is 60.5 Å². The van der Waals surface area contributed by atoms with Crippen LogP contribution in [0.3, 0.4) is 0 Å². The molecular formula is C18H26N2O3S2. The standard InChI is InChI=1S/C18H26N2O3S2/c1-12(20-25(21)18(3,4)5)15-8-7-14(9-16(15)23-11-22-6)17-13(2)19-10-24-17/h7-10,12,20H,11H2,1-6H3/t12-,25+/m0/s1. The van der Waals surface area contributed by atoms with Crippen LogP contribution >= 0.6 is 11.3 Å². The Morgan fingerprint density at radius 2 is 2.08 bits per heavy atom. The molecule has 0 amide bonds. The van der Waals surface area contributed by atoms with Gasteiger partial charge in [0.2, 0.25) is 0 Å². The molecule has 1 heterocycles.